The highest BCUT2D eigenvalue weighted by molar-refractivity contribution is 7.98. The molecule has 2 aromatic carbocycles. The number of amides is 2. The largest absolute Gasteiger partial charge is 0.453 e. The summed E-state index contributed by atoms with van der Waals surface area (Å²) >= 11 is 14.5. The highest BCUT2D eigenvalue weighted by Crippen LogP contribution is 2.55. The number of thioether (sulfide) groups is 1. The SMILES string of the molecule is COC(=O)N1C(C)CC[C@@H]1c1cc2c(SC)nc3c(F)c(-c4cccc(Cl)c4Cl)c(CCC#N)cc3c2n1[C@H]1[C@@H]2C[C@H]1N(C(=O)OC(C)(C)C)C2. The van der Waals surface area contributed by atoms with Gasteiger partial charge in [0.2, 0.25) is 0 Å². The molecule has 0 radical (unpaired) electrons. The summed E-state index contributed by atoms with van der Waals surface area (Å²) in [7, 11) is 1.39. The molecular formula is C38H40Cl2FN5O4S. The maximum atomic E-state index is 17.3. The van der Waals surface area contributed by atoms with E-state index in [1.165, 1.54) is 18.9 Å². The number of aryl methyl sites for hydroxylation is 1. The molecule has 8 rings (SSSR count). The lowest BCUT2D eigenvalue weighted by atomic mass is 9.79. The Morgan fingerprint density at radius 3 is 2.61 bits per heavy atom. The van der Waals surface area contributed by atoms with Crippen LogP contribution in [-0.2, 0) is 15.9 Å². The summed E-state index contributed by atoms with van der Waals surface area (Å²) in [6, 6.07) is 10.7. The molecule has 2 amide bonds. The molecule has 1 saturated carbocycles. The molecule has 5 heterocycles. The fourth-order valence-electron chi connectivity index (χ4n) is 8.43. The second kappa shape index (κ2) is 13.4. The minimum Gasteiger partial charge on any atom is -0.453 e. The molecule has 3 aliphatic heterocycles. The van der Waals surface area contributed by atoms with E-state index < -0.39 is 17.5 Å². The predicted octanol–water partition coefficient (Wildman–Crippen LogP) is 9.95. The summed E-state index contributed by atoms with van der Waals surface area (Å²) in [5.41, 5.74) is 2.51. The number of pyridine rings is 1. The molecule has 2 aromatic heterocycles. The fourth-order valence-corrected chi connectivity index (χ4v) is 9.38. The Morgan fingerprint density at radius 1 is 1.16 bits per heavy atom. The number of carbonyl (C=O) groups is 2. The first-order valence-electron chi connectivity index (χ1n) is 17.2. The van der Waals surface area contributed by atoms with E-state index in [1.807, 2.05) is 44.9 Å². The van der Waals surface area contributed by atoms with Gasteiger partial charge in [0.05, 0.1) is 46.9 Å². The second-order valence-corrected chi connectivity index (χ2v) is 16.3. The van der Waals surface area contributed by atoms with Gasteiger partial charge in [0.1, 0.15) is 16.1 Å². The molecule has 1 aliphatic carbocycles. The van der Waals surface area contributed by atoms with Crippen LogP contribution < -0.4 is 0 Å². The molecule has 1 unspecified atom stereocenters. The van der Waals surface area contributed by atoms with Crippen molar-refractivity contribution in [1.29, 1.82) is 5.26 Å². The van der Waals surface area contributed by atoms with E-state index in [1.54, 1.807) is 23.1 Å². The van der Waals surface area contributed by atoms with Crippen molar-refractivity contribution >= 4 is 69.0 Å². The van der Waals surface area contributed by atoms with Gasteiger partial charge in [-0.25, -0.2) is 19.0 Å². The van der Waals surface area contributed by atoms with E-state index >= 15 is 4.39 Å². The normalized spacial score (nSPS) is 22.8. The molecule has 268 valence electrons. The van der Waals surface area contributed by atoms with Gasteiger partial charge >= 0.3 is 12.2 Å². The molecule has 0 spiro atoms. The van der Waals surface area contributed by atoms with Gasteiger partial charge in [0.15, 0.2) is 5.82 Å². The van der Waals surface area contributed by atoms with Crippen LogP contribution >= 0.6 is 35.0 Å². The van der Waals surface area contributed by atoms with Crippen molar-refractivity contribution in [2.45, 2.75) is 94.6 Å². The zero-order valence-corrected chi connectivity index (χ0v) is 31.8. The van der Waals surface area contributed by atoms with Crippen LogP contribution in [-0.4, -0.2) is 69.1 Å². The zero-order chi connectivity index (χ0) is 36.5. The number of nitriles is 1. The van der Waals surface area contributed by atoms with Gasteiger partial charge < -0.3 is 18.9 Å². The number of hydrogen-bond acceptors (Lipinski definition) is 7. The number of nitrogens with zero attached hydrogens (tertiary/aromatic N) is 5. The van der Waals surface area contributed by atoms with E-state index in [-0.39, 0.29) is 65.1 Å². The van der Waals surface area contributed by atoms with Crippen LogP contribution in [0, 0.1) is 23.1 Å². The number of carbonyl (C=O) groups excluding carboxylic acids is 2. The second-order valence-electron chi connectivity index (χ2n) is 14.7. The smallest absolute Gasteiger partial charge is 0.410 e. The van der Waals surface area contributed by atoms with E-state index in [9.17, 15) is 14.9 Å². The molecule has 3 saturated heterocycles. The topological polar surface area (TPSA) is 101 Å². The number of likely N-dealkylation sites (tertiary alicyclic amines) is 1. The lowest BCUT2D eigenvalue weighted by Crippen LogP contribution is -2.45. The molecule has 9 nitrogen and oxygen atoms in total. The first kappa shape index (κ1) is 35.7. The third-order valence-corrected chi connectivity index (χ3v) is 12.1. The number of methoxy groups -OCH3 is 1. The summed E-state index contributed by atoms with van der Waals surface area (Å²) in [6.45, 7) is 8.12. The van der Waals surface area contributed by atoms with E-state index in [0.29, 0.717) is 39.5 Å². The Morgan fingerprint density at radius 2 is 1.92 bits per heavy atom. The molecule has 2 bridgehead atoms. The average molecular weight is 753 g/mol. The monoisotopic (exact) mass is 751 g/mol. The van der Waals surface area contributed by atoms with Gasteiger partial charge in [0, 0.05) is 52.5 Å². The van der Waals surface area contributed by atoms with Crippen LogP contribution in [0.1, 0.15) is 76.7 Å². The fraction of sp³-hybridized carbons (Fsp3) is 0.474. The van der Waals surface area contributed by atoms with Crippen LogP contribution in [0.15, 0.2) is 35.4 Å². The van der Waals surface area contributed by atoms with Crippen molar-refractivity contribution in [3.8, 4) is 17.2 Å². The lowest BCUT2D eigenvalue weighted by molar-refractivity contribution is 0.0208. The van der Waals surface area contributed by atoms with Crippen molar-refractivity contribution in [3.63, 3.8) is 0 Å². The summed E-state index contributed by atoms with van der Waals surface area (Å²) in [5, 5.41) is 12.2. The van der Waals surface area contributed by atoms with E-state index in [4.69, 9.17) is 37.7 Å². The van der Waals surface area contributed by atoms with Gasteiger partial charge in [-0.3, -0.25) is 4.90 Å². The lowest BCUT2D eigenvalue weighted by Gasteiger charge is -2.40. The molecule has 4 aromatic rings. The van der Waals surface area contributed by atoms with Gasteiger partial charge in [-0.2, -0.15) is 5.26 Å². The predicted molar refractivity (Wildman–Crippen MR) is 198 cm³/mol. The summed E-state index contributed by atoms with van der Waals surface area (Å²) < 4.78 is 30.7. The number of benzene rings is 2. The molecular weight excluding hydrogens is 712 g/mol. The van der Waals surface area contributed by atoms with Crippen LogP contribution in [0.25, 0.3) is 32.9 Å². The van der Waals surface area contributed by atoms with Crippen molar-refractivity contribution in [1.82, 2.24) is 19.4 Å². The summed E-state index contributed by atoms with van der Waals surface area (Å²) in [6.07, 6.45) is 3.89. The molecule has 0 N–H and O–H groups in total. The molecule has 4 aliphatic rings. The molecule has 51 heavy (non-hydrogen) atoms. The molecule has 5 atom stereocenters. The summed E-state index contributed by atoms with van der Waals surface area (Å²) in [4.78, 5) is 35.3. The third kappa shape index (κ3) is 5.87. The number of halogens is 3. The van der Waals surface area contributed by atoms with E-state index in [0.717, 1.165) is 29.4 Å². The van der Waals surface area contributed by atoms with Crippen LogP contribution in [0.2, 0.25) is 10.0 Å². The average Bonchev–Trinajstić information content (AvgIpc) is 3.86. The third-order valence-electron chi connectivity index (χ3n) is 10.6. The minimum atomic E-state index is -0.651. The minimum absolute atomic E-state index is 0.0554. The first-order valence-corrected chi connectivity index (χ1v) is 19.2. The van der Waals surface area contributed by atoms with Gasteiger partial charge in [-0.15, -0.1) is 11.8 Å². The Labute approximate surface area is 310 Å². The van der Waals surface area contributed by atoms with E-state index in [2.05, 4.69) is 16.7 Å². The zero-order valence-electron chi connectivity index (χ0n) is 29.4. The maximum absolute atomic E-state index is 17.3. The number of ether oxygens (including phenoxy) is 2. The highest BCUT2D eigenvalue weighted by atomic mass is 35.5. The van der Waals surface area contributed by atoms with Crippen molar-refractivity contribution in [2.75, 3.05) is 19.9 Å². The van der Waals surface area contributed by atoms with Crippen LogP contribution in [0.3, 0.4) is 0 Å². The van der Waals surface area contributed by atoms with Crippen molar-refractivity contribution < 1.29 is 23.5 Å². The number of hydrogen-bond donors (Lipinski definition) is 0. The van der Waals surface area contributed by atoms with Gasteiger partial charge in [-0.1, -0.05) is 35.3 Å². The first-order chi connectivity index (χ1) is 24.3. The number of fused-ring (bicyclic) bond motifs is 4. The Bertz CT molecular complexity index is 2130. The summed E-state index contributed by atoms with van der Waals surface area (Å²) in [5.74, 6) is -0.426. The van der Waals surface area contributed by atoms with Crippen molar-refractivity contribution in [3.05, 3.63) is 57.5 Å². The van der Waals surface area contributed by atoms with Crippen molar-refractivity contribution in [2.24, 2.45) is 5.92 Å². The Kier molecular flexibility index (Phi) is 9.34. The van der Waals surface area contributed by atoms with Gasteiger partial charge in [0.25, 0.3) is 0 Å². The maximum Gasteiger partial charge on any atom is 0.410 e. The Balaban J connectivity index is 1.53. The van der Waals surface area contributed by atoms with Gasteiger partial charge in [-0.05, 0) is 83.4 Å². The van der Waals surface area contributed by atoms with Crippen LogP contribution in [0.5, 0.6) is 0 Å². The number of rotatable bonds is 6. The highest BCUT2D eigenvalue weighted by Gasteiger charge is 2.57. The van der Waals surface area contributed by atoms with Crippen LogP contribution in [0.4, 0.5) is 14.0 Å². The standard InChI is InChI=1S/C38H40Cl2FN5O4S/c1-19-12-13-26(45(19)37(48)49-5)27-17-24-34(46(27)33-21-16-28(33)44(18-21)36(47)50-38(2,3)4)23-15-20(9-8-14-42)29(22-10-7-11-25(39)30(22)40)31(41)32(23)43-35(24)51-6/h7,10-11,15,17,19,21,26,28,33H,8-9,12-13,16,18H2,1-6H3/t19?,21-,26-,28-,33+/m1/s1. The quantitative estimate of drug-likeness (QED) is 0.181. The molecule has 4 fully saturated rings. The Hall–Kier alpha value is -3.72. The molecule has 13 heteroatoms. The number of aromatic nitrogens is 2.